The Hall–Kier alpha value is -2.62. The van der Waals surface area contributed by atoms with Crippen molar-refractivity contribution in [3.05, 3.63) is 71.3 Å². The summed E-state index contributed by atoms with van der Waals surface area (Å²) in [7, 11) is 1.82. The third-order valence-corrected chi connectivity index (χ3v) is 6.14. The van der Waals surface area contributed by atoms with Crippen LogP contribution in [0.2, 0.25) is 0 Å². The molecule has 0 spiro atoms. The maximum absolute atomic E-state index is 12.6. The third-order valence-electron chi connectivity index (χ3n) is 6.14. The number of amides is 2. The molecule has 0 aliphatic carbocycles. The molecule has 2 aliphatic heterocycles. The van der Waals surface area contributed by atoms with Gasteiger partial charge in [-0.1, -0.05) is 42.5 Å². The van der Waals surface area contributed by atoms with Crippen LogP contribution >= 0.6 is 24.0 Å². The van der Waals surface area contributed by atoms with Gasteiger partial charge in [-0.05, 0) is 42.0 Å². The van der Waals surface area contributed by atoms with E-state index >= 15 is 0 Å². The Kier molecular flexibility index (Phi) is 9.11. The van der Waals surface area contributed by atoms with Gasteiger partial charge in [0.2, 0.25) is 5.91 Å². The van der Waals surface area contributed by atoms with Crippen molar-refractivity contribution in [2.75, 3.05) is 39.8 Å². The van der Waals surface area contributed by atoms with Crippen molar-refractivity contribution in [1.29, 1.82) is 0 Å². The fraction of sp³-hybridized carbons (Fsp3) is 0.400. The van der Waals surface area contributed by atoms with Crippen molar-refractivity contribution in [3.8, 4) is 0 Å². The smallest absolute Gasteiger partial charge is 0.254 e. The number of aliphatic imine (C=N–C) groups is 1. The highest BCUT2D eigenvalue weighted by Crippen LogP contribution is 2.21. The standard InChI is InChI=1S/C25H31N5O2.HI/c1-26-25(30-13-11-21(17-30)15-19-5-3-2-4-6-19)28-16-20-7-9-22(10-8-20)24(32)29-14-12-27-23(31)18-29;/h2-10,21H,11-18H2,1H3,(H,26,28)(H,27,31);1H. The third kappa shape index (κ3) is 6.69. The molecule has 2 aromatic carbocycles. The van der Waals surface area contributed by atoms with E-state index in [1.165, 1.54) is 12.0 Å². The minimum Gasteiger partial charge on any atom is -0.353 e. The zero-order chi connectivity index (χ0) is 22.3. The normalized spacial score (nSPS) is 18.5. The number of carbonyl (C=O) groups excluding carboxylic acids is 2. The van der Waals surface area contributed by atoms with E-state index in [1.807, 2.05) is 31.3 Å². The van der Waals surface area contributed by atoms with Gasteiger partial charge in [0.25, 0.3) is 5.91 Å². The molecular formula is C25H32IN5O2. The van der Waals surface area contributed by atoms with E-state index in [0.29, 0.717) is 31.1 Å². The Morgan fingerprint density at radius 3 is 2.52 bits per heavy atom. The van der Waals surface area contributed by atoms with E-state index in [2.05, 4.69) is 50.9 Å². The lowest BCUT2D eigenvalue weighted by molar-refractivity contribution is -0.123. The van der Waals surface area contributed by atoms with Crippen molar-refractivity contribution in [2.45, 2.75) is 19.4 Å². The number of hydrogen-bond donors (Lipinski definition) is 2. The van der Waals surface area contributed by atoms with Gasteiger partial charge in [0, 0.05) is 45.3 Å². The van der Waals surface area contributed by atoms with Crippen molar-refractivity contribution >= 4 is 41.8 Å². The maximum Gasteiger partial charge on any atom is 0.254 e. The van der Waals surface area contributed by atoms with Crippen LogP contribution in [-0.2, 0) is 17.8 Å². The molecule has 2 N–H and O–H groups in total. The summed E-state index contributed by atoms with van der Waals surface area (Å²) in [5.41, 5.74) is 3.08. The number of nitrogens with zero attached hydrogens (tertiary/aromatic N) is 3. The molecule has 2 heterocycles. The van der Waals surface area contributed by atoms with Crippen LogP contribution in [0.25, 0.3) is 0 Å². The summed E-state index contributed by atoms with van der Waals surface area (Å²) >= 11 is 0. The monoisotopic (exact) mass is 561 g/mol. The number of guanidine groups is 1. The highest BCUT2D eigenvalue weighted by atomic mass is 127. The number of hydrogen-bond acceptors (Lipinski definition) is 3. The molecule has 7 nitrogen and oxygen atoms in total. The lowest BCUT2D eigenvalue weighted by atomic mass is 9.99. The van der Waals surface area contributed by atoms with Crippen LogP contribution in [0.15, 0.2) is 59.6 Å². The molecule has 2 fully saturated rings. The van der Waals surface area contributed by atoms with E-state index in [-0.39, 0.29) is 42.3 Å². The molecule has 1 unspecified atom stereocenters. The van der Waals surface area contributed by atoms with Crippen LogP contribution in [0.1, 0.15) is 27.9 Å². The lowest BCUT2D eigenvalue weighted by Gasteiger charge is -2.26. The molecule has 2 saturated heterocycles. The van der Waals surface area contributed by atoms with Crippen molar-refractivity contribution in [2.24, 2.45) is 10.9 Å². The van der Waals surface area contributed by atoms with E-state index in [4.69, 9.17) is 0 Å². The maximum atomic E-state index is 12.6. The fourth-order valence-corrected chi connectivity index (χ4v) is 4.41. The Morgan fingerprint density at radius 1 is 1.06 bits per heavy atom. The highest BCUT2D eigenvalue weighted by Gasteiger charge is 2.25. The minimum absolute atomic E-state index is 0. The Bertz CT molecular complexity index is 965. The second kappa shape index (κ2) is 12.0. The SMILES string of the molecule is CN=C(NCc1ccc(C(=O)N2CCNC(=O)C2)cc1)N1CCC(Cc2ccccc2)C1.I. The largest absolute Gasteiger partial charge is 0.353 e. The van der Waals surface area contributed by atoms with Crippen molar-refractivity contribution in [1.82, 2.24) is 20.4 Å². The summed E-state index contributed by atoms with van der Waals surface area (Å²) in [6.45, 7) is 3.84. The van der Waals surface area contributed by atoms with Gasteiger partial charge in [0.1, 0.15) is 0 Å². The first-order valence-corrected chi connectivity index (χ1v) is 11.3. The number of halogens is 1. The van der Waals surface area contributed by atoms with Gasteiger partial charge >= 0.3 is 0 Å². The number of rotatable bonds is 5. The topological polar surface area (TPSA) is 77.0 Å². The Labute approximate surface area is 212 Å². The van der Waals surface area contributed by atoms with Gasteiger partial charge in [-0.25, -0.2) is 0 Å². The van der Waals surface area contributed by atoms with E-state index in [1.54, 1.807) is 4.90 Å². The molecule has 1 atom stereocenters. The van der Waals surface area contributed by atoms with Gasteiger partial charge < -0.3 is 20.4 Å². The van der Waals surface area contributed by atoms with E-state index < -0.39 is 0 Å². The summed E-state index contributed by atoms with van der Waals surface area (Å²) in [5, 5.41) is 6.20. The fourth-order valence-electron chi connectivity index (χ4n) is 4.41. The number of nitrogens with one attached hydrogen (secondary N) is 2. The molecule has 2 aromatic rings. The summed E-state index contributed by atoms with van der Waals surface area (Å²) in [6.07, 6.45) is 2.27. The molecule has 0 saturated carbocycles. The van der Waals surface area contributed by atoms with Gasteiger partial charge in [-0.2, -0.15) is 0 Å². The predicted molar refractivity (Wildman–Crippen MR) is 141 cm³/mol. The average molecular weight is 561 g/mol. The molecule has 0 aromatic heterocycles. The van der Waals surface area contributed by atoms with Crippen LogP contribution in [0.3, 0.4) is 0 Å². The second-order valence-electron chi connectivity index (χ2n) is 8.46. The van der Waals surface area contributed by atoms with Gasteiger partial charge in [-0.3, -0.25) is 14.6 Å². The van der Waals surface area contributed by atoms with E-state index in [0.717, 1.165) is 31.0 Å². The van der Waals surface area contributed by atoms with Crippen molar-refractivity contribution < 1.29 is 9.59 Å². The number of likely N-dealkylation sites (tertiary alicyclic amines) is 1. The molecule has 33 heavy (non-hydrogen) atoms. The van der Waals surface area contributed by atoms with Crippen LogP contribution in [-0.4, -0.2) is 67.3 Å². The average Bonchev–Trinajstić information content (AvgIpc) is 3.28. The molecule has 176 valence electrons. The number of piperazine rings is 1. The first-order chi connectivity index (χ1) is 15.6. The zero-order valence-corrected chi connectivity index (χ0v) is 21.3. The lowest BCUT2D eigenvalue weighted by Crippen LogP contribution is -2.49. The van der Waals surface area contributed by atoms with Gasteiger partial charge in [-0.15, -0.1) is 24.0 Å². The van der Waals surface area contributed by atoms with Gasteiger partial charge in [0.15, 0.2) is 5.96 Å². The molecule has 2 aliphatic rings. The summed E-state index contributed by atoms with van der Waals surface area (Å²) in [6, 6.07) is 18.2. The van der Waals surface area contributed by atoms with Crippen molar-refractivity contribution in [3.63, 3.8) is 0 Å². The summed E-state index contributed by atoms with van der Waals surface area (Å²) in [5.74, 6) is 1.35. The highest BCUT2D eigenvalue weighted by molar-refractivity contribution is 14.0. The Balaban J connectivity index is 0.00000306. The molecule has 4 rings (SSSR count). The summed E-state index contributed by atoms with van der Waals surface area (Å²) < 4.78 is 0. The number of benzene rings is 2. The molecule has 0 radical (unpaired) electrons. The van der Waals surface area contributed by atoms with Gasteiger partial charge in [0.05, 0.1) is 6.54 Å². The minimum atomic E-state index is -0.107. The molecular weight excluding hydrogens is 529 g/mol. The first-order valence-electron chi connectivity index (χ1n) is 11.3. The zero-order valence-electron chi connectivity index (χ0n) is 19.0. The second-order valence-corrected chi connectivity index (χ2v) is 8.46. The molecule has 0 bridgehead atoms. The van der Waals surface area contributed by atoms with Crippen LogP contribution < -0.4 is 10.6 Å². The summed E-state index contributed by atoms with van der Waals surface area (Å²) in [4.78, 5) is 32.5. The first kappa shape index (κ1) is 25.0. The van der Waals surface area contributed by atoms with E-state index in [9.17, 15) is 9.59 Å². The molecule has 8 heteroatoms. The van der Waals surface area contributed by atoms with Crippen LogP contribution in [0, 0.1) is 5.92 Å². The number of carbonyl (C=O) groups is 2. The van der Waals surface area contributed by atoms with Crippen LogP contribution in [0.4, 0.5) is 0 Å². The molecule has 2 amide bonds. The quantitative estimate of drug-likeness (QED) is 0.334. The van der Waals surface area contributed by atoms with Crippen LogP contribution in [0.5, 0.6) is 0 Å². The Morgan fingerprint density at radius 2 is 1.82 bits per heavy atom. The predicted octanol–water partition coefficient (Wildman–Crippen LogP) is 2.52.